The fourth-order valence-electron chi connectivity index (χ4n) is 3.34. The van der Waals surface area contributed by atoms with Gasteiger partial charge in [-0.2, -0.15) is 0 Å². The molecule has 0 saturated carbocycles. The van der Waals surface area contributed by atoms with Gasteiger partial charge < -0.3 is 15.0 Å². The maximum Gasteiger partial charge on any atom is 0.411 e. The number of amides is 3. The Morgan fingerprint density at radius 2 is 1.93 bits per heavy atom. The van der Waals surface area contributed by atoms with Gasteiger partial charge in [-0.1, -0.05) is 18.2 Å². The van der Waals surface area contributed by atoms with Gasteiger partial charge in [-0.25, -0.2) is 14.6 Å². The molecular weight excluding hydrogens is 376 g/mol. The van der Waals surface area contributed by atoms with Crippen molar-refractivity contribution in [1.29, 1.82) is 0 Å². The second-order valence-corrected chi connectivity index (χ2v) is 7.56. The van der Waals surface area contributed by atoms with E-state index >= 15 is 0 Å². The number of thiazole rings is 1. The molecule has 2 aromatic carbocycles. The summed E-state index contributed by atoms with van der Waals surface area (Å²) in [5.41, 5.74) is 2.12. The fraction of sp³-hybridized carbons (Fsp3) is 0.250. The van der Waals surface area contributed by atoms with Crippen molar-refractivity contribution in [3.8, 4) is 0 Å². The number of nitrogens with one attached hydrogen (secondary N) is 2. The number of carbonyl (C=O) groups is 2. The first-order chi connectivity index (χ1) is 13.6. The molecule has 1 saturated heterocycles. The first kappa shape index (κ1) is 18.2. The first-order valence-electron chi connectivity index (χ1n) is 9.02. The number of ether oxygens (including phenoxy) is 1. The highest BCUT2D eigenvalue weighted by Gasteiger charge is 2.32. The van der Waals surface area contributed by atoms with E-state index in [9.17, 15) is 9.59 Å². The zero-order valence-electron chi connectivity index (χ0n) is 15.3. The molecule has 7 nitrogen and oxygen atoms in total. The number of aromatic nitrogens is 1. The number of hydrogen-bond acceptors (Lipinski definition) is 5. The molecule has 1 aromatic heterocycles. The van der Waals surface area contributed by atoms with Crippen LogP contribution in [0.5, 0.6) is 0 Å². The molecule has 2 N–H and O–H groups in total. The lowest BCUT2D eigenvalue weighted by atomic mass is 10.2. The van der Waals surface area contributed by atoms with Gasteiger partial charge in [0.25, 0.3) is 0 Å². The summed E-state index contributed by atoms with van der Waals surface area (Å²) in [7, 11) is 1.30. The van der Waals surface area contributed by atoms with E-state index in [-0.39, 0.29) is 12.1 Å². The molecule has 0 radical (unpaired) electrons. The second kappa shape index (κ2) is 7.85. The van der Waals surface area contributed by atoms with Crippen molar-refractivity contribution in [2.75, 3.05) is 24.3 Å². The van der Waals surface area contributed by atoms with Gasteiger partial charge in [-0.15, -0.1) is 11.3 Å². The number of para-hydroxylation sites is 1. The molecular formula is C20H20N4O3S. The van der Waals surface area contributed by atoms with Crippen LogP contribution in [0.3, 0.4) is 0 Å². The Morgan fingerprint density at radius 1 is 1.14 bits per heavy atom. The molecule has 4 rings (SSSR count). The van der Waals surface area contributed by atoms with Crippen LogP contribution in [0.1, 0.15) is 23.9 Å². The summed E-state index contributed by atoms with van der Waals surface area (Å²) in [6.45, 7) is 0.687. The van der Waals surface area contributed by atoms with Crippen molar-refractivity contribution in [3.63, 3.8) is 0 Å². The van der Waals surface area contributed by atoms with Gasteiger partial charge in [0.1, 0.15) is 5.01 Å². The number of rotatable bonds is 3. The quantitative estimate of drug-likeness (QED) is 0.663. The number of methoxy groups -OCH3 is 1. The summed E-state index contributed by atoms with van der Waals surface area (Å²) in [6.07, 6.45) is 1.29. The molecule has 8 heteroatoms. The maximum atomic E-state index is 12.9. The Balaban J connectivity index is 1.49. The average Bonchev–Trinajstić information content (AvgIpc) is 3.34. The van der Waals surface area contributed by atoms with E-state index < -0.39 is 6.09 Å². The smallest absolute Gasteiger partial charge is 0.411 e. The van der Waals surface area contributed by atoms with Gasteiger partial charge in [0, 0.05) is 17.9 Å². The Labute approximate surface area is 166 Å². The van der Waals surface area contributed by atoms with Crippen LogP contribution in [0.2, 0.25) is 0 Å². The zero-order valence-corrected chi connectivity index (χ0v) is 16.2. The predicted octanol–water partition coefficient (Wildman–Crippen LogP) is 4.84. The Hall–Kier alpha value is -3.13. The van der Waals surface area contributed by atoms with Gasteiger partial charge in [0.2, 0.25) is 0 Å². The largest absolute Gasteiger partial charge is 0.453 e. The van der Waals surface area contributed by atoms with Crippen LogP contribution >= 0.6 is 11.3 Å². The van der Waals surface area contributed by atoms with Crippen LogP contribution < -0.4 is 10.6 Å². The lowest BCUT2D eigenvalue weighted by Gasteiger charge is -2.23. The fourth-order valence-corrected chi connectivity index (χ4v) is 4.45. The molecule has 1 aliphatic heterocycles. The molecule has 144 valence electrons. The summed E-state index contributed by atoms with van der Waals surface area (Å²) in [5, 5.41) is 6.48. The van der Waals surface area contributed by atoms with E-state index in [1.165, 1.54) is 7.11 Å². The van der Waals surface area contributed by atoms with Gasteiger partial charge >= 0.3 is 12.1 Å². The molecule has 3 amide bonds. The van der Waals surface area contributed by atoms with Gasteiger partial charge in [-0.05, 0) is 43.2 Å². The molecule has 2 heterocycles. The Morgan fingerprint density at radius 3 is 2.71 bits per heavy atom. The SMILES string of the molecule is COC(=O)Nc1cccc(NC(=O)N2CCCC2c2nc3ccccc3s2)c1. The summed E-state index contributed by atoms with van der Waals surface area (Å²) in [4.78, 5) is 30.8. The monoisotopic (exact) mass is 396 g/mol. The Kier molecular flexibility index (Phi) is 5.12. The third-order valence-corrected chi connectivity index (χ3v) is 5.79. The number of nitrogens with zero attached hydrogens (tertiary/aromatic N) is 2. The molecule has 0 aliphatic carbocycles. The second-order valence-electron chi connectivity index (χ2n) is 6.50. The number of hydrogen-bond donors (Lipinski definition) is 2. The van der Waals surface area contributed by atoms with Crippen LogP contribution in [0.15, 0.2) is 48.5 Å². The molecule has 1 unspecified atom stereocenters. The topological polar surface area (TPSA) is 83.6 Å². The molecule has 1 aliphatic rings. The number of carbonyl (C=O) groups excluding carboxylic acids is 2. The maximum absolute atomic E-state index is 12.9. The van der Waals surface area contributed by atoms with Crippen molar-refractivity contribution in [2.24, 2.45) is 0 Å². The third kappa shape index (κ3) is 3.77. The van der Waals surface area contributed by atoms with Crippen molar-refractivity contribution in [2.45, 2.75) is 18.9 Å². The minimum Gasteiger partial charge on any atom is -0.453 e. The van der Waals surface area contributed by atoms with Gasteiger partial charge in [0.05, 0.1) is 23.4 Å². The Bertz CT molecular complexity index is 986. The standard InChI is InChI=1S/C20H20N4O3S/c1-27-20(26)22-14-7-4-6-13(12-14)21-19(25)24-11-5-9-16(24)18-23-15-8-2-3-10-17(15)28-18/h2-4,6-8,10,12,16H,5,9,11H2,1H3,(H,21,25)(H,22,26). The summed E-state index contributed by atoms with van der Waals surface area (Å²) < 4.78 is 5.72. The van der Waals surface area contributed by atoms with E-state index in [1.807, 2.05) is 23.1 Å². The van der Waals surface area contributed by atoms with Crippen LogP contribution in [-0.4, -0.2) is 35.7 Å². The molecule has 0 spiro atoms. The minimum absolute atomic E-state index is 0.0197. The number of anilines is 2. The predicted molar refractivity (Wildman–Crippen MR) is 110 cm³/mol. The lowest BCUT2D eigenvalue weighted by molar-refractivity contribution is 0.187. The molecule has 0 bridgehead atoms. The van der Waals surface area contributed by atoms with E-state index in [0.717, 1.165) is 28.1 Å². The number of fused-ring (bicyclic) bond motifs is 1. The average molecular weight is 396 g/mol. The van der Waals surface area contributed by atoms with Crippen molar-refractivity contribution in [3.05, 3.63) is 53.5 Å². The normalized spacial score (nSPS) is 16.2. The van der Waals surface area contributed by atoms with Crippen molar-refractivity contribution >= 4 is 45.1 Å². The molecule has 28 heavy (non-hydrogen) atoms. The van der Waals surface area contributed by atoms with Crippen LogP contribution in [0, 0.1) is 0 Å². The van der Waals surface area contributed by atoms with E-state index in [2.05, 4.69) is 21.4 Å². The lowest BCUT2D eigenvalue weighted by Crippen LogP contribution is -2.34. The summed E-state index contributed by atoms with van der Waals surface area (Å²) >= 11 is 1.64. The molecule has 1 fully saturated rings. The summed E-state index contributed by atoms with van der Waals surface area (Å²) in [5.74, 6) is 0. The van der Waals surface area contributed by atoms with Gasteiger partial charge in [0.15, 0.2) is 0 Å². The van der Waals surface area contributed by atoms with Crippen LogP contribution in [-0.2, 0) is 4.74 Å². The summed E-state index contributed by atoms with van der Waals surface area (Å²) in [6, 6.07) is 14.8. The first-order valence-corrected chi connectivity index (χ1v) is 9.84. The van der Waals surface area contributed by atoms with E-state index in [1.54, 1.807) is 35.6 Å². The molecule has 3 aromatic rings. The molecule has 1 atom stereocenters. The number of benzene rings is 2. The zero-order chi connectivity index (χ0) is 19.5. The van der Waals surface area contributed by atoms with Crippen LogP contribution in [0.4, 0.5) is 21.0 Å². The van der Waals surface area contributed by atoms with Crippen molar-refractivity contribution < 1.29 is 14.3 Å². The van der Waals surface area contributed by atoms with Gasteiger partial charge in [-0.3, -0.25) is 5.32 Å². The van der Waals surface area contributed by atoms with Crippen LogP contribution in [0.25, 0.3) is 10.2 Å². The van der Waals surface area contributed by atoms with Crippen molar-refractivity contribution in [1.82, 2.24) is 9.88 Å². The number of urea groups is 1. The minimum atomic E-state index is -0.557. The number of likely N-dealkylation sites (tertiary alicyclic amines) is 1. The van der Waals surface area contributed by atoms with E-state index in [4.69, 9.17) is 4.98 Å². The highest BCUT2D eigenvalue weighted by atomic mass is 32.1. The van der Waals surface area contributed by atoms with E-state index in [0.29, 0.717) is 17.9 Å². The third-order valence-electron chi connectivity index (χ3n) is 4.65. The highest BCUT2D eigenvalue weighted by molar-refractivity contribution is 7.18. The highest BCUT2D eigenvalue weighted by Crippen LogP contribution is 2.36.